The Morgan fingerprint density at radius 2 is 1.56 bits per heavy atom. The normalized spacial score (nSPS) is 16.2. The molecule has 1 atom stereocenters. The van der Waals surface area contributed by atoms with Gasteiger partial charge in [-0.1, -0.05) is 41.4 Å². The molecule has 0 radical (unpaired) electrons. The van der Waals surface area contributed by atoms with Gasteiger partial charge in [0.15, 0.2) is 0 Å². The first-order valence-electron chi connectivity index (χ1n) is 10.9. The minimum Gasteiger partial charge on any atom is -0.345 e. The molecular weight excluding hydrogens is 651 g/mol. The number of carbonyl (C=O) groups is 2. The van der Waals surface area contributed by atoms with Crippen LogP contribution in [0, 0.1) is 0 Å². The Balaban J connectivity index is 1.82. The van der Waals surface area contributed by atoms with Crippen molar-refractivity contribution in [2.24, 2.45) is 0 Å². The van der Waals surface area contributed by atoms with Crippen LogP contribution in [0.15, 0.2) is 46.9 Å². The second kappa shape index (κ2) is 11.2. The van der Waals surface area contributed by atoms with E-state index in [4.69, 9.17) is 23.2 Å². The van der Waals surface area contributed by atoms with Gasteiger partial charge in [-0.25, -0.2) is 0 Å². The maximum Gasteiger partial charge on any atom is 0.454 e. The van der Waals surface area contributed by atoms with E-state index in [1.54, 1.807) is 5.32 Å². The van der Waals surface area contributed by atoms with Crippen LogP contribution in [0.1, 0.15) is 40.2 Å². The first kappa shape index (κ1) is 31.2. The number of halogens is 11. The summed E-state index contributed by atoms with van der Waals surface area (Å²) in [6.07, 6.45) is -8.69. The summed E-state index contributed by atoms with van der Waals surface area (Å²) in [4.78, 5) is 24.8. The molecule has 2 N–H and O–H groups in total. The van der Waals surface area contributed by atoms with Gasteiger partial charge in [0.05, 0.1) is 11.5 Å². The van der Waals surface area contributed by atoms with E-state index in [0.29, 0.717) is 6.08 Å². The van der Waals surface area contributed by atoms with Crippen LogP contribution >= 0.6 is 39.1 Å². The van der Waals surface area contributed by atoms with Gasteiger partial charge >= 0.3 is 18.3 Å². The average molecular weight is 668 g/mol. The fraction of sp³-hybridized carbons (Fsp3) is 0.333. The molecule has 2 aromatic rings. The van der Waals surface area contributed by atoms with Crippen LogP contribution in [0.3, 0.4) is 0 Å². The Bertz CT molecular complexity index is 1270. The molecule has 0 bridgehead atoms. The lowest BCUT2D eigenvalue weighted by molar-refractivity contribution is -0.286. The molecule has 1 aliphatic rings. The fourth-order valence-corrected chi connectivity index (χ4v) is 4.69. The van der Waals surface area contributed by atoms with Gasteiger partial charge in [-0.3, -0.25) is 9.59 Å². The Morgan fingerprint density at radius 1 is 0.974 bits per heavy atom. The Labute approximate surface area is 234 Å². The lowest BCUT2D eigenvalue weighted by Crippen LogP contribution is -2.50. The number of nitrogens with one attached hydrogen (secondary N) is 2. The molecule has 1 aliphatic carbocycles. The van der Waals surface area contributed by atoms with E-state index in [0.717, 1.165) is 18.2 Å². The molecule has 1 saturated carbocycles. The van der Waals surface area contributed by atoms with E-state index in [1.807, 2.05) is 0 Å². The molecule has 2 aromatic carbocycles. The molecule has 3 rings (SSSR count). The Kier molecular flexibility index (Phi) is 8.98. The molecule has 0 heterocycles. The highest BCUT2D eigenvalue weighted by molar-refractivity contribution is 9.10. The summed E-state index contributed by atoms with van der Waals surface area (Å²) >= 11 is 14.7. The summed E-state index contributed by atoms with van der Waals surface area (Å²) in [5, 5.41) is 3.81. The molecule has 0 saturated heterocycles. The SMILES string of the molecule is O=C(NC1(C(=O)NCC(F)(F)F)CC1)c1ccc(/C=C/C(c2cc(Cl)cc(Cl)c2)C(F)(F)C(F)(F)F)cc1Br. The van der Waals surface area contributed by atoms with E-state index < -0.39 is 53.7 Å². The van der Waals surface area contributed by atoms with Gasteiger partial charge in [0, 0.05) is 14.5 Å². The zero-order chi connectivity index (χ0) is 29.4. The Hall–Kier alpha value is -2.38. The zero-order valence-electron chi connectivity index (χ0n) is 19.3. The van der Waals surface area contributed by atoms with Gasteiger partial charge < -0.3 is 10.6 Å². The van der Waals surface area contributed by atoms with Crippen molar-refractivity contribution in [3.8, 4) is 0 Å². The number of carbonyl (C=O) groups excluding carboxylic acids is 2. The minimum atomic E-state index is -5.90. The number of hydrogen-bond donors (Lipinski definition) is 2. The fourth-order valence-electron chi connectivity index (χ4n) is 3.57. The lowest BCUT2D eigenvalue weighted by Gasteiger charge is -2.27. The van der Waals surface area contributed by atoms with Crippen molar-refractivity contribution >= 4 is 57.0 Å². The standard InChI is InChI=1S/C24H17BrCl2F8N2O2/c25-18-7-12(1-3-16(18)19(38)37-21(5-6-21)20(39)36-11-22(28,29)30)2-4-17(23(31,32)24(33,34)35)13-8-14(26)10-15(27)9-13/h1-4,7-10,17H,5-6,11H2,(H,36,39)(H,37,38)/b4-2+. The van der Waals surface area contributed by atoms with Gasteiger partial charge in [0.25, 0.3) is 5.91 Å². The third-order valence-electron chi connectivity index (χ3n) is 5.72. The van der Waals surface area contributed by atoms with Crippen LogP contribution < -0.4 is 10.6 Å². The predicted molar refractivity (Wildman–Crippen MR) is 132 cm³/mol. The van der Waals surface area contributed by atoms with Crippen LogP contribution in [0.5, 0.6) is 0 Å². The topological polar surface area (TPSA) is 58.2 Å². The van der Waals surface area contributed by atoms with Crippen LogP contribution in [0.25, 0.3) is 6.08 Å². The minimum absolute atomic E-state index is 0.0548. The van der Waals surface area contributed by atoms with Crippen molar-refractivity contribution in [3.05, 3.63) is 73.7 Å². The number of amides is 2. The number of rotatable bonds is 8. The van der Waals surface area contributed by atoms with Gasteiger partial charge in [0.2, 0.25) is 5.91 Å². The van der Waals surface area contributed by atoms with Gasteiger partial charge in [0.1, 0.15) is 12.1 Å². The summed E-state index contributed by atoms with van der Waals surface area (Å²) in [5.74, 6) is -9.51. The van der Waals surface area contributed by atoms with Gasteiger partial charge in [-0.05, 0) is 70.2 Å². The molecule has 0 spiro atoms. The Morgan fingerprint density at radius 3 is 2.05 bits per heavy atom. The molecule has 212 valence electrons. The molecule has 0 aliphatic heterocycles. The molecule has 1 fully saturated rings. The molecule has 15 heteroatoms. The van der Waals surface area contributed by atoms with Crippen molar-refractivity contribution in [1.29, 1.82) is 0 Å². The predicted octanol–water partition coefficient (Wildman–Crippen LogP) is 7.69. The smallest absolute Gasteiger partial charge is 0.345 e. The third-order valence-corrected chi connectivity index (χ3v) is 6.81. The van der Waals surface area contributed by atoms with E-state index >= 15 is 0 Å². The summed E-state index contributed by atoms with van der Waals surface area (Å²) in [5.41, 5.74) is -1.92. The monoisotopic (exact) mass is 666 g/mol. The number of benzene rings is 2. The first-order valence-corrected chi connectivity index (χ1v) is 12.5. The van der Waals surface area contributed by atoms with E-state index in [2.05, 4.69) is 21.2 Å². The summed E-state index contributed by atoms with van der Waals surface area (Å²) in [7, 11) is 0. The summed E-state index contributed by atoms with van der Waals surface area (Å²) in [6, 6.07) is 6.74. The quantitative estimate of drug-likeness (QED) is 0.284. The molecule has 4 nitrogen and oxygen atoms in total. The summed E-state index contributed by atoms with van der Waals surface area (Å²) < 4.78 is 106. The maximum atomic E-state index is 14.4. The van der Waals surface area contributed by atoms with Crippen molar-refractivity contribution in [3.63, 3.8) is 0 Å². The zero-order valence-corrected chi connectivity index (χ0v) is 22.4. The van der Waals surface area contributed by atoms with Gasteiger partial charge in [-0.15, -0.1) is 0 Å². The maximum absolute atomic E-state index is 14.4. The van der Waals surface area contributed by atoms with Gasteiger partial charge in [-0.2, -0.15) is 35.1 Å². The lowest BCUT2D eigenvalue weighted by atomic mass is 9.91. The number of hydrogen-bond acceptors (Lipinski definition) is 2. The van der Waals surface area contributed by atoms with E-state index in [9.17, 15) is 44.7 Å². The van der Waals surface area contributed by atoms with Crippen LogP contribution in [-0.2, 0) is 4.79 Å². The highest BCUT2D eigenvalue weighted by atomic mass is 79.9. The second-order valence-corrected chi connectivity index (χ2v) is 10.5. The molecule has 1 unspecified atom stereocenters. The first-order chi connectivity index (χ1) is 17.8. The highest BCUT2D eigenvalue weighted by Gasteiger charge is 2.62. The molecule has 39 heavy (non-hydrogen) atoms. The number of allylic oxidation sites excluding steroid dienone is 1. The van der Waals surface area contributed by atoms with E-state index in [1.165, 1.54) is 24.3 Å². The van der Waals surface area contributed by atoms with Crippen LogP contribution in [0.2, 0.25) is 10.0 Å². The van der Waals surface area contributed by atoms with Crippen molar-refractivity contribution in [2.75, 3.05) is 6.54 Å². The molecule has 2 amide bonds. The third kappa shape index (κ3) is 7.63. The van der Waals surface area contributed by atoms with Crippen molar-refractivity contribution < 1.29 is 44.7 Å². The van der Waals surface area contributed by atoms with Crippen LogP contribution in [-0.4, -0.2) is 42.2 Å². The molecule has 0 aromatic heterocycles. The van der Waals surface area contributed by atoms with Crippen molar-refractivity contribution in [2.45, 2.75) is 42.6 Å². The number of alkyl halides is 8. The summed E-state index contributed by atoms with van der Waals surface area (Å²) in [6.45, 7) is -1.57. The molecular formula is C24H17BrCl2F8N2O2. The highest BCUT2D eigenvalue weighted by Crippen LogP contribution is 2.47. The average Bonchev–Trinajstić information content (AvgIpc) is 3.56. The second-order valence-electron chi connectivity index (χ2n) is 8.73. The van der Waals surface area contributed by atoms with Crippen molar-refractivity contribution in [1.82, 2.24) is 10.6 Å². The van der Waals surface area contributed by atoms with E-state index in [-0.39, 0.29) is 38.5 Å². The largest absolute Gasteiger partial charge is 0.454 e. The van der Waals surface area contributed by atoms with Crippen LogP contribution in [0.4, 0.5) is 35.1 Å².